The second-order valence-electron chi connectivity index (χ2n) is 3.32. The lowest BCUT2D eigenvalue weighted by Gasteiger charge is -1.99. The zero-order valence-corrected chi connectivity index (χ0v) is 10.5. The van der Waals surface area contributed by atoms with Crippen molar-refractivity contribution in [2.45, 2.75) is 32.1 Å². The molecule has 76 valence electrons. The lowest BCUT2D eigenvalue weighted by Crippen LogP contribution is -1.86. The molecule has 0 saturated heterocycles. The number of hydrogen-bond donors (Lipinski definition) is 0. The minimum atomic E-state index is 1.17. The molecule has 0 radical (unpaired) electrons. The van der Waals surface area contributed by atoms with Crippen molar-refractivity contribution >= 4 is 22.6 Å². The molecular formula is C12H16IN. The molecule has 2 heteroatoms. The molecule has 0 N–H and O–H groups in total. The average molecular weight is 301 g/mol. The van der Waals surface area contributed by atoms with Gasteiger partial charge in [-0.2, -0.15) is 0 Å². The van der Waals surface area contributed by atoms with E-state index in [4.69, 9.17) is 0 Å². The number of rotatable bonds is 6. The van der Waals surface area contributed by atoms with Crippen LogP contribution in [0.2, 0.25) is 0 Å². The first kappa shape index (κ1) is 11.7. The highest BCUT2D eigenvalue weighted by Crippen LogP contribution is 2.07. The third-order valence-electron chi connectivity index (χ3n) is 2.15. The van der Waals surface area contributed by atoms with Crippen LogP contribution in [-0.4, -0.2) is 4.98 Å². The molecule has 0 aliphatic rings. The number of pyridine rings is 1. The first-order chi connectivity index (χ1) is 6.93. The van der Waals surface area contributed by atoms with E-state index in [9.17, 15) is 0 Å². The zero-order valence-electron chi connectivity index (χ0n) is 8.32. The standard InChI is InChI=1S/C12H16IN/c13-9-5-3-1-2-4-7-12-8-6-10-14-11-12/h5-6,8-11H,1-4,7H2. The fourth-order valence-electron chi connectivity index (χ4n) is 1.38. The molecule has 0 aliphatic carbocycles. The van der Waals surface area contributed by atoms with Crippen LogP contribution in [0, 0.1) is 0 Å². The predicted molar refractivity (Wildman–Crippen MR) is 69.6 cm³/mol. The van der Waals surface area contributed by atoms with Crippen molar-refractivity contribution in [3.8, 4) is 0 Å². The van der Waals surface area contributed by atoms with E-state index < -0.39 is 0 Å². The fraction of sp³-hybridized carbons (Fsp3) is 0.417. The monoisotopic (exact) mass is 301 g/mol. The van der Waals surface area contributed by atoms with E-state index in [1.165, 1.54) is 37.7 Å². The molecule has 0 fully saturated rings. The molecule has 1 aromatic heterocycles. The molecule has 0 unspecified atom stereocenters. The summed E-state index contributed by atoms with van der Waals surface area (Å²) in [5, 5.41) is 0. The molecule has 0 aliphatic heterocycles. The van der Waals surface area contributed by atoms with E-state index in [1.807, 2.05) is 18.5 Å². The lowest BCUT2D eigenvalue weighted by atomic mass is 10.1. The SMILES string of the molecule is IC=CCCCCCc1cccnc1. The number of unbranched alkanes of at least 4 members (excludes halogenated alkanes) is 3. The summed E-state index contributed by atoms with van der Waals surface area (Å²) in [4.78, 5) is 4.10. The molecule has 0 atom stereocenters. The van der Waals surface area contributed by atoms with E-state index in [2.05, 4.69) is 43.8 Å². The summed E-state index contributed by atoms with van der Waals surface area (Å²) in [6.45, 7) is 0. The Morgan fingerprint density at radius 2 is 2.21 bits per heavy atom. The van der Waals surface area contributed by atoms with Crippen molar-refractivity contribution in [1.29, 1.82) is 0 Å². The number of nitrogens with zero attached hydrogens (tertiary/aromatic N) is 1. The van der Waals surface area contributed by atoms with Crippen molar-refractivity contribution < 1.29 is 0 Å². The van der Waals surface area contributed by atoms with Crippen LogP contribution in [0.1, 0.15) is 31.2 Å². The minimum Gasteiger partial charge on any atom is -0.264 e. The summed E-state index contributed by atoms with van der Waals surface area (Å²) in [7, 11) is 0. The Morgan fingerprint density at radius 1 is 1.29 bits per heavy atom. The van der Waals surface area contributed by atoms with E-state index in [0.717, 1.165) is 0 Å². The Balaban J connectivity index is 2.05. The van der Waals surface area contributed by atoms with Gasteiger partial charge in [0.15, 0.2) is 0 Å². The number of aromatic nitrogens is 1. The Kier molecular flexibility index (Phi) is 6.66. The van der Waals surface area contributed by atoms with Crippen molar-refractivity contribution in [3.05, 3.63) is 40.2 Å². The van der Waals surface area contributed by atoms with Gasteiger partial charge in [-0.05, 0) is 41.4 Å². The van der Waals surface area contributed by atoms with Crippen LogP contribution in [0.4, 0.5) is 0 Å². The summed E-state index contributed by atoms with van der Waals surface area (Å²) < 4.78 is 2.10. The van der Waals surface area contributed by atoms with Crippen molar-refractivity contribution in [2.24, 2.45) is 0 Å². The minimum absolute atomic E-state index is 1.17. The van der Waals surface area contributed by atoms with Gasteiger partial charge in [-0.25, -0.2) is 0 Å². The zero-order chi connectivity index (χ0) is 10.1. The lowest BCUT2D eigenvalue weighted by molar-refractivity contribution is 0.686. The average Bonchev–Trinajstić information content (AvgIpc) is 2.25. The summed E-state index contributed by atoms with van der Waals surface area (Å²) in [5.41, 5.74) is 1.36. The molecule has 1 rings (SSSR count). The third-order valence-corrected chi connectivity index (χ3v) is 2.66. The number of allylic oxidation sites excluding steroid dienone is 1. The Bertz CT molecular complexity index is 256. The largest absolute Gasteiger partial charge is 0.264 e. The molecule has 0 bridgehead atoms. The first-order valence-electron chi connectivity index (χ1n) is 5.07. The Labute approximate surface area is 99.8 Å². The maximum atomic E-state index is 4.10. The fourth-order valence-corrected chi connectivity index (χ4v) is 1.74. The van der Waals surface area contributed by atoms with Crippen LogP contribution in [0.25, 0.3) is 0 Å². The Hall–Kier alpha value is -0.380. The van der Waals surface area contributed by atoms with Gasteiger partial charge in [-0.3, -0.25) is 4.98 Å². The van der Waals surface area contributed by atoms with Gasteiger partial charge in [0.25, 0.3) is 0 Å². The first-order valence-corrected chi connectivity index (χ1v) is 6.32. The highest BCUT2D eigenvalue weighted by Gasteiger charge is 1.91. The van der Waals surface area contributed by atoms with Crippen molar-refractivity contribution in [2.75, 3.05) is 0 Å². The van der Waals surface area contributed by atoms with Gasteiger partial charge >= 0.3 is 0 Å². The molecule has 14 heavy (non-hydrogen) atoms. The number of hydrogen-bond acceptors (Lipinski definition) is 1. The van der Waals surface area contributed by atoms with Crippen LogP contribution in [-0.2, 0) is 6.42 Å². The normalized spacial score (nSPS) is 10.9. The van der Waals surface area contributed by atoms with Gasteiger partial charge in [-0.1, -0.05) is 41.2 Å². The maximum absolute atomic E-state index is 4.10. The molecule has 0 saturated carbocycles. The van der Waals surface area contributed by atoms with Crippen LogP contribution in [0.5, 0.6) is 0 Å². The number of halogens is 1. The van der Waals surface area contributed by atoms with Gasteiger partial charge < -0.3 is 0 Å². The molecular weight excluding hydrogens is 285 g/mol. The molecule has 1 heterocycles. The molecule has 1 nitrogen and oxygen atoms in total. The molecule has 0 amide bonds. The predicted octanol–water partition coefficient (Wildman–Crippen LogP) is 4.13. The van der Waals surface area contributed by atoms with Crippen molar-refractivity contribution in [1.82, 2.24) is 4.98 Å². The third kappa shape index (κ3) is 5.37. The van der Waals surface area contributed by atoms with E-state index >= 15 is 0 Å². The summed E-state index contributed by atoms with van der Waals surface area (Å²) in [5.74, 6) is 0. The van der Waals surface area contributed by atoms with Crippen LogP contribution < -0.4 is 0 Å². The number of aryl methyl sites for hydroxylation is 1. The molecule has 0 spiro atoms. The summed E-state index contributed by atoms with van der Waals surface area (Å²) >= 11 is 2.27. The van der Waals surface area contributed by atoms with Crippen LogP contribution in [0.15, 0.2) is 34.7 Å². The second-order valence-corrected chi connectivity index (χ2v) is 4.04. The van der Waals surface area contributed by atoms with Gasteiger partial charge in [0.1, 0.15) is 0 Å². The quantitative estimate of drug-likeness (QED) is 0.568. The van der Waals surface area contributed by atoms with E-state index in [0.29, 0.717) is 0 Å². The van der Waals surface area contributed by atoms with Gasteiger partial charge in [-0.15, -0.1) is 0 Å². The highest BCUT2D eigenvalue weighted by atomic mass is 127. The van der Waals surface area contributed by atoms with Gasteiger partial charge in [0, 0.05) is 12.4 Å². The van der Waals surface area contributed by atoms with Gasteiger partial charge in [0.2, 0.25) is 0 Å². The van der Waals surface area contributed by atoms with E-state index in [-0.39, 0.29) is 0 Å². The molecule has 0 aromatic carbocycles. The summed E-state index contributed by atoms with van der Waals surface area (Å²) in [6.07, 6.45) is 12.3. The highest BCUT2D eigenvalue weighted by molar-refractivity contribution is 14.1. The van der Waals surface area contributed by atoms with Crippen molar-refractivity contribution in [3.63, 3.8) is 0 Å². The maximum Gasteiger partial charge on any atom is 0.0299 e. The molecule has 1 aromatic rings. The van der Waals surface area contributed by atoms with E-state index in [1.54, 1.807) is 0 Å². The van der Waals surface area contributed by atoms with Crippen LogP contribution >= 0.6 is 22.6 Å². The topological polar surface area (TPSA) is 12.9 Å². The Morgan fingerprint density at radius 3 is 2.93 bits per heavy atom. The summed E-state index contributed by atoms with van der Waals surface area (Å²) in [6, 6.07) is 4.16. The van der Waals surface area contributed by atoms with Gasteiger partial charge in [0.05, 0.1) is 0 Å². The van der Waals surface area contributed by atoms with Crippen LogP contribution in [0.3, 0.4) is 0 Å². The second kappa shape index (κ2) is 7.97. The smallest absolute Gasteiger partial charge is 0.0299 e.